The first-order valence-electron chi connectivity index (χ1n) is 7.03. The standard InChI is InChI=1S/C14H24N4O/c1-11(2)10-19-14-9-15-8-13(17-14)16-12-4-6-18(3)7-5-12/h8-9,11-12H,4-7,10H2,1-3H3,(H,16,17). The van der Waals surface area contributed by atoms with Gasteiger partial charge in [0.2, 0.25) is 5.88 Å². The molecule has 5 heteroatoms. The molecule has 19 heavy (non-hydrogen) atoms. The molecule has 1 aliphatic rings. The second kappa shape index (κ2) is 6.70. The first kappa shape index (κ1) is 14.1. The highest BCUT2D eigenvalue weighted by atomic mass is 16.5. The van der Waals surface area contributed by atoms with Crippen molar-refractivity contribution in [3.05, 3.63) is 12.4 Å². The van der Waals surface area contributed by atoms with Crippen molar-refractivity contribution < 1.29 is 4.74 Å². The van der Waals surface area contributed by atoms with Gasteiger partial charge in [-0.15, -0.1) is 0 Å². The third-order valence-corrected chi connectivity index (χ3v) is 3.25. The minimum atomic E-state index is 0.492. The third-order valence-electron chi connectivity index (χ3n) is 3.25. The van der Waals surface area contributed by atoms with Gasteiger partial charge in [0, 0.05) is 6.04 Å². The Bertz CT molecular complexity index is 389. The fourth-order valence-electron chi connectivity index (χ4n) is 2.10. The number of hydrogen-bond donors (Lipinski definition) is 1. The largest absolute Gasteiger partial charge is 0.476 e. The zero-order valence-electron chi connectivity index (χ0n) is 12.1. The minimum Gasteiger partial charge on any atom is -0.476 e. The zero-order chi connectivity index (χ0) is 13.7. The number of nitrogens with zero attached hydrogens (tertiary/aromatic N) is 3. The summed E-state index contributed by atoms with van der Waals surface area (Å²) in [4.78, 5) is 11.0. The lowest BCUT2D eigenvalue weighted by atomic mass is 10.1. The molecule has 0 spiro atoms. The molecule has 0 amide bonds. The van der Waals surface area contributed by atoms with Crippen molar-refractivity contribution in [1.29, 1.82) is 0 Å². The fourth-order valence-corrected chi connectivity index (χ4v) is 2.10. The number of aromatic nitrogens is 2. The molecule has 5 nitrogen and oxygen atoms in total. The average molecular weight is 264 g/mol. The molecule has 0 radical (unpaired) electrons. The lowest BCUT2D eigenvalue weighted by Gasteiger charge is -2.29. The summed E-state index contributed by atoms with van der Waals surface area (Å²) in [5, 5.41) is 3.45. The number of ether oxygens (including phenoxy) is 1. The molecule has 1 aromatic heterocycles. The SMILES string of the molecule is CC(C)COc1cncc(NC2CCN(C)CC2)n1. The Hall–Kier alpha value is -1.36. The molecule has 106 valence electrons. The van der Waals surface area contributed by atoms with Crippen LogP contribution in [0.4, 0.5) is 5.82 Å². The Labute approximate surface area is 115 Å². The second-order valence-electron chi connectivity index (χ2n) is 5.67. The number of rotatable bonds is 5. The van der Waals surface area contributed by atoms with E-state index in [-0.39, 0.29) is 0 Å². The molecule has 2 heterocycles. The molecule has 1 saturated heterocycles. The van der Waals surface area contributed by atoms with Gasteiger partial charge >= 0.3 is 0 Å². The summed E-state index contributed by atoms with van der Waals surface area (Å²) >= 11 is 0. The smallest absolute Gasteiger partial charge is 0.234 e. The van der Waals surface area contributed by atoms with Crippen molar-refractivity contribution in [1.82, 2.24) is 14.9 Å². The Morgan fingerprint density at radius 1 is 1.37 bits per heavy atom. The van der Waals surface area contributed by atoms with Gasteiger partial charge in [0.1, 0.15) is 5.82 Å². The van der Waals surface area contributed by atoms with E-state index in [0.717, 1.165) is 31.7 Å². The van der Waals surface area contributed by atoms with Crippen LogP contribution in [0.25, 0.3) is 0 Å². The van der Waals surface area contributed by atoms with E-state index < -0.39 is 0 Å². The first-order chi connectivity index (χ1) is 9.13. The summed E-state index contributed by atoms with van der Waals surface area (Å²) in [6.45, 7) is 7.18. The normalized spacial score (nSPS) is 17.7. The van der Waals surface area contributed by atoms with Gasteiger partial charge in [-0.05, 0) is 38.9 Å². The summed E-state index contributed by atoms with van der Waals surface area (Å²) in [5.74, 6) is 1.91. The lowest BCUT2D eigenvalue weighted by Crippen LogP contribution is -2.36. The predicted octanol–water partition coefficient (Wildman–Crippen LogP) is 2.02. The van der Waals surface area contributed by atoms with Crippen LogP contribution in [0.5, 0.6) is 5.88 Å². The van der Waals surface area contributed by atoms with Gasteiger partial charge in [-0.25, -0.2) is 0 Å². The van der Waals surface area contributed by atoms with Crippen LogP contribution in [0.3, 0.4) is 0 Å². The van der Waals surface area contributed by atoms with Crippen LogP contribution >= 0.6 is 0 Å². The van der Waals surface area contributed by atoms with Crippen molar-refractivity contribution in [3.63, 3.8) is 0 Å². The predicted molar refractivity (Wildman–Crippen MR) is 76.5 cm³/mol. The van der Waals surface area contributed by atoms with Gasteiger partial charge in [0.25, 0.3) is 0 Å². The maximum Gasteiger partial charge on any atom is 0.234 e. The van der Waals surface area contributed by atoms with E-state index in [1.54, 1.807) is 12.4 Å². The molecule has 0 aromatic carbocycles. The number of piperidine rings is 1. The highest BCUT2D eigenvalue weighted by molar-refractivity contribution is 5.34. The van der Waals surface area contributed by atoms with E-state index in [1.165, 1.54) is 0 Å². The second-order valence-corrected chi connectivity index (χ2v) is 5.67. The maximum atomic E-state index is 5.59. The van der Waals surface area contributed by atoms with Crippen molar-refractivity contribution >= 4 is 5.82 Å². The molecule has 0 aliphatic carbocycles. The monoisotopic (exact) mass is 264 g/mol. The molecule has 0 unspecified atom stereocenters. The molecule has 1 aromatic rings. The Kier molecular flexibility index (Phi) is 4.96. The van der Waals surface area contributed by atoms with E-state index in [9.17, 15) is 0 Å². The van der Waals surface area contributed by atoms with Crippen LogP contribution in [-0.4, -0.2) is 47.7 Å². The molecule has 0 bridgehead atoms. The number of hydrogen-bond acceptors (Lipinski definition) is 5. The third kappa shape index (κ3) is 4.67. The molecule has 1 aliphatic heterocycles. The topological polar surface area (TPSA) is 50.3 Å². The van der Waals surface area contributed by atoms with Crippen LogP contribution < -0.4 is 10.1 Å². The molecular formula is C14H24N4O. The fraction of sp³-hybridized carbons (Fsp3) is 0.714. The van der Waals surface area contributed by atoms with Crippen LogP contribution in [-0.2, 0) is 0 Å². The average Bonchev–Trinajstić information content (AvgIpc) is 2.40. The maximum absolute atomic E-state index is 5.59. The van der Waals surface area contributed by atoms with Crippen molar-refractivity contribution in [3.8, 4) is 5.88 Å². The molecule has 1 N–H and O–H groups in total. The molecular weight excluding hydrogens is 240 g/mol. The van der Waals surface area contributed by atoms with E-state index >= 15 is 0 Å². The van der Waals surface area contributed by atoms with Crippen molar-refractivity contribution in [2.75, 3.05) is 32.1 Å². The summed E-state index contributed by atoms with van der Waals surface area (Å²) in [6.07, 6.45) is 5.73. The highest BCUT2D eigenvalue weighted by Gasteiger charge is 2.16. The highest BCUT2D eigenvalue weighted by Crippen LogP contribution is 2.16. The van der Waals surface area contributed by atoms with Gasteiger partial charge in [-0.1, -0.05) is 13.8 Å². The zero-order valence-corrected chi connectivity index (χ0v) is 12.1. The van der Waals surface area contributed by atoms with Crippen molar-refractivity contribution in [2.24, 2.45) is 5.92 Å². The summed E-state index contributed by atoms with van der Waals surface area (Å²) in [6, 6.07) is 0.492. The number of nitrogens with one attached hydrogen (secondary N) is 1. The quantitative estimate of drug-likeness (QED) is 0.881. The Morgan fingerprint density at radius 2 is 2.11 bits per heavy atom. The van der Waals surface area contributed by atoms with E-state index in [2.05, 4.69) is 41.1 Å². The van der Waals surface area contributed by atoms with Crippen LogP contribution in [0.1, 0.15) is 26.7 Å². The molecule has 0 atom stereocenters. The van der Waals surface area contributed by atoms with Crippen molar-refractivity contribution in [2.45, 2.75) is 32.7 Å². The van der Waals surface area contributed by atoms with Crippen LogP contribution in [0.15, 0.2) is 12.4 Å². The van der Waals surface area contributed by atoms with Gasteiger partial charge in [0.05, 0.1) is 19.0 Å². The Morgan fingerprint density at radius 3 is 2.79 bits per heavy atom. The minimum absolute atomic E-state index is 0.492. The summed E-state index contributed by atoms with van der Waals surface area (Å²) in [7, 11) is 2.16. The lowest BCUT2D eigenvalue weighted by molar-refractivity contribution is 0.258. The van der Waals surface area contributed by atoms with Gasteiger partial charge < -0.3 is 15.0 Å². The number of anilines is 1. The molecule has 2 rings (SSSR count). The summed E-state index contributed by atoms with van der Waals surface area (Å²) in [5.41, 5.74) is 0. The van der Waals surface area contributed by atoms with Gasteiger partial charge in [-0.2, -0.15) is 4.98 Å². The molecule has 0 saturated carbocycles. The van der Waals surface area contributed by atoms with E-state index in [0.29, 0.717) is 24.4 Å². The Balaban J connectivity index is 1.88. The van der Waals surface area contributed by atoms with E-state index in [4.69, 9.17) is 4.74 Å². The van der Waals surface area contributed by atoms with Crippen LogP contribution in [0.2, 0.25) is 0 Å². The van der Waals surface area contributed by atoms with Crippen LogP contribution in [0, 0.1) is 5.92 Å². The van der Waals surface area contributed by atoms with Gasteiger partial charge in [-0.3, -0.25) is 4.98 Å². The first-order valence-corrected chi connectivity index (χ1v) is 7.03. The molecule has 1 fully saturated rings. The number of likely N-dealkylation sites (tertiary alicyclic amines) is 1. The van der Waals surface area contributed by atoms with E-state index in [1.807, 2.05) is 0 Å². The summed E-state index contributed by atoms with van der Waals surface area (Å²) < 4.78 is 5.59. The van der Waals surface area contributed by atoms with Gasteiger partial charge in [0.15, 0.2) is 0 Å².